The highest BCUT2D eigenvalue weighted by Crippen LogP contribution is 1.96. The van der Waals surface area contributed by atoms with E-state index in [0.29, 0.717) is 5.82 Å². The van der Waals surface area contributed by atoms with Crippen molar-refractivity contribution in [2.75, 3.05) is 4.66 Å². The molecule has 1 aromatic rings. The van der Waals surface area contributed by atoms with Crippen LogP contribution >= 0.6 is 15.9 Å². The van der Waals surface area contributed by atoms with Gasteiger partial charge in [0.15, 0.2) is 0 Å². The number of nitrogens with one attached hydrogen (secondary N) is 1. The minimum absolute atomic E-state index is 0.0928. The number of hydrogen-bond acceptors (Lipinski definition) is 3. The molecule has 0 saturated carbocycles. The highest BCUT2D eigenvalue weighted by molar-refractivity contribution is 9.10. The molecule has 0 aromatic carbocycles. The zero-order chi connectivity index (χ0) is 9.90. The lowest BCUT2D eigenvalue weighted by atomic mass is 10.6. The fourth-order valence-electron chi connectivity index (χ4n) is 0.780. The van der Waals surface area contributed by atoms with E-state index in [1.54, 1.807) is 17.0 Å². The molecule has 0 saturated heterocycles. The first-order chi connectivity index (χ1) is 6.05. The number of aromatic nitrogens is 2. The Morgan fingerprint density at radius 1 is 1.69 bits per heavy atom. The first kappa shape index (κ1) is 10.7. The van der Waals surface area contributed by atoms with Crippen LogP contribution in [0.1, 0.15) is 5.82 Å². The second-order valence-corrected chi connectivity index (χ2v) is 5.61. The van der Waals surface area contributed by atoms with E-state index in [4.69, 9.17) is 0 Å². The molecule has 0 fully saturated rings. The topological polar surface area (TPSA) is 64.0 Å². The van der Waals surface area contributed by atoms with E-state index in [2.05, 4.69) is 25.6 Å². The standard InChI is InChI=1S/C6H10BrN3O2S/c1-10-3-2-8-6(10)4-9-13(11,12)5-7/h2-3,9H,4-5H2,1H3. The number of sulfonamides is 1. The summed E-state index contributed by atoms with van der Waals surface area (Å²) in [6, 6.07) is 0. The Bertz CT molecular complexity index is 373. The number of hydrogen-bond donors (Lipinski definition) is 1. The van der Waals surface area contributed by atoms with Gasteiger partial charge < -0.3 is 4.57 Å². The zero-order valence-electron chi connectivity index (χ0n) is 7.07. The third-order valence-electron chi connectivity index (χ3n) is 1.51. The molecule has 1 heterocycles. The molecule has 0 amide bonds. The van der Waals surface area contributed by atoms with Crippen LogP contribution in [0.25, 0.3) is 0 Å². The molecule has 0 aliphatic rings. The summed E-state index contributed by atoms with van der Waals surface area (Å²) >= 11 is 2.88. The summed E-state index contributed by atoms with van der Waals surface area (Å²) in [7, 11) is -1.39. The fourth-order valence-corrected chi connectivity index (χ4v) is 1.69. The van der Waals surface area contributed by atoms with Gasteiger partial charge in [-0.25, -0.2) is 18.1 Å². The largest absolute Gasteiger partial charge is 0.337 e. The maximum Gasteiger partial charge on any atom is 0.222 e. The molecule has 7 heteroatoms. The molecule has 0 aliphatic carbocycles. The van der Waals surface area contributed by atoms with Crippen molar-refractivity contribution in [1.82, 2.24) is 14.3 Å². The van der Waals surface area contributed by atoms with Crippen molar-refractivity contribution in [3.63, 3.8) is 0 Å². The molecule has 0 aliphatic heterocycles. The highest BCUT2D eigenvalue weighted by atomic mass is 79.9. The number of rotatable bonds is 4. The molecule has 0 unspecified atom stereocenters. The molecule has 1 N–H and O–H groups in total. The predicted octanol–water partition coefficient (Wildman–Crippen LogP) is 0.192. The first-order valence-electron chi connectivity index (χ1n) is 3.54. The number of imidazole rings is 1. The molecule has 0 bridgehead atoms. The van der Waals surface area contributed by atoms with Gasteiger partial charge in [0.25, 0.3) is 0 Å². The number of halogens is 1. The maximum atomic E-state index is 11.0. The Morgan fingerprint density at radius 2 is 2.38 bits per heavy atom. The van der Waals surface area contributed by atoms with Gasteiger partial charge in [0.05, 0.1) is 6.54 Å². The average Bonchev–Trinajstić information content (AvgIpc) is 2.48. The van der Waals surface area contributed by atoms with Crippen LogP contribution < -0.4 is 4.72 Å². The van der Waals surface area contributed by atoms with Crippen LogP contribution in [0.15, 0.2) is 12.4 Å². The van der Waals surface area contributed by atoms with Crippen LogP contribution in [-0.4, -0.2) is 22.6 Å². The summed E-state index contributed by atoms with van der Waals surface area (Å²) in [6.07, 6.45) is 3.38. The van der Waals surface area contributed by atoms with Gasteiger partial charge in [-0.05, 0) is 0 Å². The molecule has 74 valence electrons. The van der Waals surface area contributed by atoms with E-state index in [-0.39, 0.29) is 11.2 Å². The summed E-state index contributed by atoms with van der Waals surface area (Å²) in [4.78, 5) is 3.97. The minimum atomic E-state index is -3.20. The summed E-state index contributed by atoms with van der Waals surface area (Å²) in [5, 5.41) is 0. The van der Waals surface area contributed by atoms with E-state index in [1.807, 2.05) is 7.05 Å². The van der Waals surface area contributed by atoms with Gasteiger partial charge in [0.1, 0.15) is 10.5 Å². The maximum absolute atomic E-state index is 11.0. The Balaban J connectivity index is 2.58. The van der Waals surface area contributed by atoms with Crippen molar-refractivity contribution in [1.29, 1.82) is 0 Å². The lowest BCUT2D eigenvalue weighted by Crippen LogP contribution is -2.25. The molecule has 5 nitrogen and oxygen atoms in total. The molecule has 0 spiro atoms. The van der Waals surface area contributed by atoms with Crippen molar-refractivity contribution in [2.45, 2.75) is 6.54 Å². The lowest BCUT2D eigenvalue weighted by molar-refractivity contribution is 0.583. The van der Waals surface area contributed by atoms with Crippen LogP contribution in [0.3, 0.4) is 0 Å². The second-order valence-electron chi connectivity index (χ2n) is 2.50. The molecule has 1 aromatic heterocycles. The molecule has 13 heavy (non-hydrogen) atoms. The normalized spacial score (nSPS) is 11.8. The van der Waals surface area contributed by atoms with E-state index >= 15 is 0 Å². The second kappa shape index (κ2) is 4.21. The number of alkyl halides is 1. The van der Waals surface area contributed by atoms with Gasteiger partial charge in [-0.2, -0.15) is 0 Å². The van der Waals surface area contributed by atoms with Crippen LogP contribution in [0.4, 0.5) is 0 Å². The highest BCUT2D eigenvalue weighted by Gasteiger charge is 2.08. The van der Waals surface area contributed by atoms with Gasteiger partial charge in [-0.3, -0.25) is 0 Å². The van der Waals surface area contributed by atoms with Crippen LogP contribution in [-0.2, 0) is 23.6 Å². The monoisotopic (exact) mass is 267 g/mol. The molecule has 1 rings (SSSR count). The van der Waals surface area contributed by atoms with Crippen LogP contribution in [0.2, 0.25) is 0 Å². The van der Waals surface area contributed by atoms with Gasteiger partial charge in [0.2, 0.25) is 10.0 Å². The number of nitrogens with zero attached hydrogens (tertiary/aromatic N) is 2. The third-order valence-corrected chi connectivity index (χ3v) is 4.19. The van der Waals surface area contributed by atoms with Gasteiger partial charge in [-0.15, -0.1) is 0 Å². The van der Waals surface area contributed by atoms with Crippen molar-refractivity contribution >= 4 is 26.0 Å². The predicted molar refractivity (Wildman–Crippen MR) is 52.8 cm³/mol. The summed E-state index contributed by atoms with van der Waals surface area (Å²) in [5.41, 5.74) is 0. The minimum Gasteiger partial charge on any atom is -0.337 e. The van der Waals surface area contributed by atoms with E-state index < -0.39 is 10.0 Å². The molecule has 0 radical (unpaired) electrons. The smallest absolute Gasteiger partial charge is 0.222 e. The van der Waals surface area contributed by atoms with Crippen molar-refractivity contribution in [2.24, 2.45) is 7.05 Å². The van der Waals surface area contributed by atoms with Crippen molar-refractivity contribution < 1.29 is 8.42 Å². The first-order valence-corrected chi connectivity index (χ1v) is 6.32. The molecule has 0 atom stereocenters. The summed E-state index contributed by atoms with van der Waals surface area (Å²) < 4.78 is 26.1. The molecular formula is C6H10BrN3O2S. The Labute approximate surface area is 85.3 Å². The van der Waals surface area contributed by atoms with E-state index in [0.717, 1.165) is 0 Å². The van der Waals surface area contributed by atoms with Crippen molar-refractivity contribution in [3.05, 3.63) is 18.2 Å². The lowest BCUT2D eigenvalue weighted by Gasteiger charge is -2.03. The third kappa shape index (κ3) is 3.09. The summed E-state index contributed by atoms with van der Waals surface area (Å²) in [5.74, 6) is 0.685. The average molecular weight is 268 g/mol. The fraction of sp³-hybridized carbons (Fsp3) is 0.500. The van der Waals surface area contributed by atoms with Crippen LogP contribution in [0, 0.1) is 0 Å². The SMILES string of the molecule is Cn1ccnc1CNS(=O)(=O)CBr. The zero-order valence-corrected chi connectivity index (χ0v) is 9.47. The number of aryl methyl sites for hydroxylation is 1. The molecular weight excluding hydrogens is 258 g/mol. The Kier molecular flexibility index (Phi) is 3.46. The van der Waals surface area contributed by atoms with Crippen LogP contribution in [0.5, 0.6) is 0 Å². The quantitative estimate of drug-likeness (QED) is 0.793. The Hall–Kier alpha value is -0.400. The van der Waals surface area contributed by atoms with Gasteiger partial charge in [-0.1, -0.05) is 15.9 Å². The van der Waals surface area contributed by atoms with E-state index in [1.165, 1.54) is 0 Å². The van der Waals surface area contributed by atoms with Gasteiger partial charge in [0, 0.05) is 19.4 Å². The summed E-state index contributed by atoms with van der Waals surface area (Å²) in [6.45, 7) is 0.220. The van der Waals surface area contributed by atoms with Gasteiger partial charge >= 0.3 is 0 Å². The Morgan fingerprint density at radius 3 is 2.85 bits per heavy atom. The van der Waals surface area contributed by atoms with E-state index in [9.17, 15) is 8.42 Å². The van der Waals surface area contributed by atoms with Crippen molar-refractivity contribution in [3.8, 4) is 0 Å².